The molecule has 0 amide bonds. The minimum atomic E-state index is -0.0671. The maximum atomic E-state index is 5.63. The van der Waals surface area contributed by atoms with Crippen LogP contribution >= 0.6 is 15.9 Å². The minimum Gasteiger partial charge on any atom is -0.355 e. The molecule has 0 saturated carbocycles. The van der Waals surface area contributed by atoms with Crippen molar-refractivity contribution in [3.63, 3.8) is 0 Å². The highest BCUT2D eigenvalue weighted by atomic mass is 79.9. The van der Waals surface area contributed by atoms with Gasteiger partial charge in [-0.2, -0.15) is 0 Å². The van der Waals surface area contributed by atoms with Crippen molar-refractivity contribution in [2.45, 2.75) is 25.5 Å². The van der Waals surface area contributed by atoms with Gasteiger partial charge in [-0.25, -0.2) is 0 Å². The molecule has 1 unspecified atom stereocenters. The Labute approximate surface area is 113 Å². The van der Waals surface area contributed by atoms with Crippen LogP contribution in [0.15, 0.2) is 28.7 Å². The van der Waals surface area contributed by atoms with Crippen molar-refractivity contribution < 1.29 is 4.74 Å². The Morgan fingerprint density at radius 1 is 1.28 bits per heavy atom. The van der Waals surface area contributed by atoms with Gasteiger partial charge in [0.15, 0.2) is 6.23 Å². The van der Waals surface area contributed by atoms with Gasteiger partial charge in [-0.3, -0.25) is 0 Å². The number of halogens is 1. The van der Waals surface area contributed by atoms with E-state index in [9.17, 15) is 0 Å². The first-order chi connectivity index (χ1) is 8.84. The van der Waals surface area contributed by atoms with Gasteiger partial charge in [0.05, 0.1) is 0 Å². The fourth-order valence-electron chi connectivity index (χ4n) is 2.00. The second-order valence-corrected chi connectivity index (χ2v) is 5.09. The molecule has 1 aromatic carbocycles. The van der Waals surface area contributed by atoms with E-state index in [4.69, 9.17) is 4.74 Å². The van der Waals surface area contributed by atoms with Crippen molar-refractivity contribution in [1.82, 2.24) is 20.2 Å². The van der Waals surface area contributed by atoms with E-state index in [1.165, 1.54) is 0 Å². The van der Waals surface area contributed by atoms with Gasteiger partial charge >= 0.3 is 0 Å². The van der Waals surface area contributed by atoms with Crippen molar-refractivity contribution in [3.8, 4) is 11.4 Å². The molecule has 1 aliphatic rings. The van der Waals surface area contributed by atoms with E-state index in [1.807, 2.05) is 24.3 Å². The van der Waals surface area contributed by atoms with Crippen LogP contribution in [0.3, 0.4) is 0 Å². The smallest absolute Gasteiger partial charge is 0.206 e. The molecule has 3 rings (SSSR count). The lowest BCUT2D eigenvalue weighted by molar-refractivity contribution is -0.0488. The topological polar surface area (TPSA) is 52.8 Å². The molecule has 0 spiro atoms. The summed E-state index contributed by atoms with van der Waals surface area (Å²) in [6, 6.07) is 7.85. The van der Waals surface area contributed by atoms with E-state index >= 15 is 0 Å². The van der Waals surface area contributed by atoms with Crippen LogP contribution in [0.2, 0.25) is 0 Å². The summed E-state index contributed by atoms with van der Waals surface area (Å²) in [5.74, 6) is 0.622. The average molecular weight is 309 g/mol. The monoisotopic (exact) mass is 308 g/mol. The third kappa shape index (κ3) is 2.30. The van der Waals surface area contributed by atoms with Crippen LogP contribution in [-0.4, -0.2) is 26.8 Å². The Morgan fingerprint density at radius 3 is 2.94 bits per heavy atom. The van der Waals surface area contributed by atoms with Gasteiger partial charge in [0.1, 0.15) is 0 Å². The van der Waals surface area contributed by atoms with Crippen LogP contribution in [0.25, 0.3) is 11.4 Å². The highest BCUT2D eigenvalue weighted by Gasteiger charge is 2.19. The lowest BCUT2D eigenvalue weighted by atomic mass is 10.2. The second kappa shape index (κ2) is 5.16. The third-order valence-electron chi connectivity index (χ3n) is 2.96. The van der Waals surface area contributed by atoms with E-state index in [0.717, 1.165) is 35.9 Å². The average Bonchev–Trinajstić information content (AvgIpc) is 2.90. The van der Waals surface area contributed by atoms with Crippen molar-refractivity contribution in [2.75, 3.05) is 6.61 Å². The van der Waals surface area contributed by atoms with Crippen LogP contribution in [0, 0.1) is 0 Å². The van der Waals surface area contributed by atoms with Crippen LogP contribution in [0.1, 0.15) is 25.5 Å². The highest BCUT2D eigenvalue weighted by molar-refractivity contribution is 9.10. The zero-order valence-corrected chi connectivity index (χ0v) is 11.4. The van der Waals surface area contributed by atoms with Crippen LogP contribution in [0.4, 0.5) is 0 Å². The second-order valence-electron chi connectivity index (χ2n) is 4.23. The zero-order chi connectivity index (χ0) is 12.4. The molecule has 1 saturated heterocycles. The zero-order valence-electron chi connectivity index (χ0n) is 9.79. The Balaban J connectivity index is 1.87. The van der Waals surface area contributed by atoms with Gasteiger partial charge in [0, 0.05) is 16.6 Å². The number of hydrogen-bond donors (Lipinski definition) is 0. The molecule has 1 fully saturated rings. The van der Waals surface area contributed by atoms with E-state index in [-0.39, 0.29) is 6.23 Å². The maximum Gasteiger partial charge on any atom is 0.206 e. The maximum absolute atomic E-state index is 5.63. The predicted octanol–water partition coefficient (Wildman–Crippen LogP) is 2.80. The molecule has 1 atom stereocenters. The van der Waals surface area contributed by atoms with Gasteiger partial charge in [-0.15, -0.1) is 15.0 Å². The predicted molar refractivity (Wildman–Crippen MR) is 69.8 cm³/mol. The van der Waals surface area contributed by atoms with Crippen molar-refractivity contribution in [1.29, 1.82) is 0 Å². The molecule has 1 aliphatic heterocycles. The summed E-state index contributed by atoms with van der Waals surface area (Å²) in [6.45, 7) is 0.774. The van der Waals surface area contributed by atoms with Crippen molar-refractivity contribution >= 4 is 15.9 Å². The van der Waals surface area contributed by atoms with Gasteiger partial charge in [0.2, 0.25) is 5.82 Å². The standard InChI is InChI=1S/C12H13BrN4O/c13-10-6-2-1-5-9(10)12-14-16-17(15-12)11-7-3-4-8-18-11/h1-2,5-6,11H,3-4,7-8H2. The van der Waals surface area contributed by atoms with Crippen LogP contribution < -0.4 is 0 Å². The molecule has 0 radical (unpaired) electrons. The van der Waals surface area contributed by atoms with E-state index < -0.39 is 0 Å². The Hall–Kier alpha value is -1.27. The van der Waals surface area contributed by atoms with Crippen molar-refractivity contribution in [3.05, 3.63) is 28.7 Å². The molecule has 0 N–H and O–H groups in total. The van der Waals surface area contributed by atoms with Crippen LogP contribution in [0.5, 0.6) is 0 Å². The number of tetrazole rings is 1. The fourth-order valence-corrected chi connectivity index (χ4v) is 2.47. The molecule has 2 aromatic rings. The molecule has 0 aliphatic carbocycles. The summed E-state index contributed by atoms with van der Waals surface area (Å²) >= 11 is 3.49. The minimum absolute atomic E-state index is 0.0671. The number of rotatable bonds is 2. The normalized spacial score (nSPS) is 19.9. The summed E-state index contributed by atoms with van der Waals surface area (Å²) in [7, 11) is 0. The lowest BCUT2D eigenvalue weighted by Crippen LogP contribution is -2.20. The van der Waals surface area contributed by atoms with Gasteiger partial charge in [-0.1, -0.05) is 28.1 Å². The molecular formula is C12H13BrN4O. The Bertz CT molecular complexity index is 536. The van der Waals surface area contributed by atoms with Crippen LogP contribution in [-0.2, 0) is 4.74 Å². The Kier molecular flexibility index (Phi) is 3.38. The SMILES string of the molecule is Brc1ccccc1-c1nnn(C2CCCCO2)n1. The first kappa shape index (κ1) is 11.8. The number of ether oxygens (including phenoxy) is 1. The summed E-state index contributed by atoms with van der Waals surface area (Å²) in [5, 5.41) is 12.6. The van der Waals surface area contributed by atoms with E-state index in [2.05, 4.69) is 31.3 Å². The molecule has 18 heavy (non-hydrogen) atoms. The molecule has 2 heterocycles. The molecule has 6 heteroatoms. The highest BCUT2D eigenvalue weighted by Crippen LogP contribution is 2.26. The fraction of sp³-hybridized carbons (Fsp3) is 0.417. The number of benzene rings is 1. The van der Waals surface area contributed by atoms with Gasteiger partial charge < -0.3 is 4.74 Å². The van der Waals surface area contributed by atoms with Gasteiger partial charge in [0.25, 0.3) is 0 Å². The Morgan fingerprint density at radius 2 is 2.17 bits per heavy atom. The molecule has 0 bridgehead atoms. The quantitative estimate of drug-likeness (QED) is 0.856. The summed E-state index contributed by atoms with van der Waals surface area (Å²) < 4.78 is 6.60. The summed E-state index contributed by atoms with van der Waals surface area (Å²) in [5.41, 5.74) is 0.944. The third-order valence-corrected chi connectivity index (χ3v) is 3.65. The molecular weight excluding hydrogens is 296 g/mol. The summed E-state index contributed by atoms with van der Waals surface area (Å²) in [6.07, 6.45) is 3.15. The lowest BCUT2D eigenvalue weighted by Gasteiger charge is -2.20. The first-order valence-electron chi connectivity index (χ1n) is 6.00. The molecule has 5 nitrogen and oxygen atoms in total. The van der Waals surface area contributed by atoms with E-state index in [1.54, 1.807) is 4.80 Å². The van der Waals surface area contributed by atoms with E-state index in [0.29, 0.717) is 5.82 Å². The first-order valence-corrected chi connectivity index (χ1v) is 6.80. The summed E-state index contributed by atoms with van der Waals surface area (Å²) in [4.78, 5) is 1.58. The van der Waals surface area contributed by atoms with Gasteiger partial charge in [-0.05, 0) is 36.6 Å². The number of nitrogens with zero attached hydrogens (tertiary/aromatic N) is 4. The molecule has 1 aromatic heterocycles. The number of aromatic nitrogens is 4. The largest absolute Gasteiger partial charge is 0.355 e. The number of hydrogen-bond acceptors (Lipinski definition) is 4. The molecule has 94 valence electrons. The van der Waals surface area contributed by atoms with Crippen molar-refractivity contribution in [2.24, 2.45) is 0 Å².